The molecule has 0 radical (unpaired) electrons. The predicted octanol–water partition coefficient (Wildman–Crippen LogP) is 3.18. The lowest BCUT2D eigenvalue weighted by Crippen LogP contribution is -1.95. The van der Waals surface area contributed by atoms with E-state index in [9.17, 15) is 4.79 Å². The summed E-state index contributed by atoms with van der Waals surface area (Å²) in [6.45, 7) is 1.41. The van der Waals surface area contributed by atoms with Gasteiger partial charge in [0.15, 0.2) is 5.78 Å². The molecule has 0 aromatic heterocycles. The number of ketones is 1. The number of hydrogen-bond acceptors (Lipinski definition) is 2. The maximum atomic E-state index is 11.1. The van der Waals surface area contributed by atoms with Crippen molar-refractivity contribution in [2.24, 2.45) is 0 Å². The number of rotatable bonds is 1. The average molecular weight is 259 g/mol. The molecule has 0 aliphatic heterocycles. The van der Waals surface area contributed by atoms with Crippen LogP contribution in [0.25, 0.3) is 0 Å². The molecule has 4 heteroatoms. The molecule has 0 spiro atoms. The zero-order valence-electron chi connectivity index (χ0n) is 6.77. The maximum absolute atomic E-state index is 11.1. The van der Waals surface area contributed by atoms with E-state index >= 15 is 0 Å². The van der Waals surface area contributed by atoms with E-state index in [2.05, 4.69) is 15.9 Å². The van der Waals surface area contributed by atoms with E-state index < -0.39 is 0 Å². The van der Waals surface area contributed by atoms with Crippen molar-refractivity contribution in [2.45, 2.75) is 6.92 Å². The Balaban J connectivity index is 3.47. The van der Waals surface area contributed by atoms with Crippen LogP contribution in [0.15, 0.2) is 16.6 Å². The lowest BCUT2D eigenvalue weighted by Gasteiger charge is -2.02. The van der Waals surface area contributed by atoms with E-state index in [0.717, 1.165) is 0 Å². The number of nitrogens with zero attached hydrogens (tertiary/aromatic N) is 1. The molecule has 0 atom stereocenters. The number of hydrogen-bond donors (Lipinski definition) is 0. The molecule has 1 rings (SSSR count). The first-order valence-corrected chi connectivity index (χ1v) is 4.63. The van der Waals surface area contributed by atoms with E-state index in [0.29, 0.717) is 15.6 Å². The van der Waals surface area contributed by atoms with E-state index in [1.54, 1.807) is 12.1 Å². The third-order valence-corrected chi connectivity index (χ3v) is 2.40. The zero-order chi connectivity index (χ0) is 10.0. The van der Waals surface area contributed by atoms with Gasteiger partial charge in [-0.25, -0.2) is 0 Å². The van der Waals surface area contributed by atoms with E-state index in [1.165, 1.54) is 6.92 Å². The predicted molar refractivity (Wildman–Crippen MR) is 53.9 cm³/mol. The third kappa shape index (κ3) is 2.09. The first-order chi connectivity index (χ1) is 6.06. The molecule has 0 amide bonds. The Bertz CT molecular complexity index is 409. The van der Waals surface area contributed by atoms with Crippen LogP contribution in [0.4, 0.5) is 0 Å². The van der Waals surface area contributed by atoms with Crippen LogP contribution < -0.4 is 0 Å². The molecule has 66 valence electrons. The second kappa shape index (κ2) is 3.91. The molecular formula is C9H5BrClNO. The van der Waals surface area contributed by atoms with Crippen molar-refractivity contribution in [3.63, 3.8) is 0 Å². The van der Waals surface area contributed by atoms with E-state index in [1.807, 2.05) is 6.07 Å². The van der Waals surface area contributed by atoms with Gasteiger partial charge < -0.3 is 0 Å². The van der Waals surface area contributed by atoms with E-state index in [-0.39, 0.29) is 10.8 Å². The minimum absolute atomic E-state index is 0.150. The minimum atomic E-state index is -0.150. The van der Waals surface area contributed by atoms with Gasteiger partial charge in [-0.2, -0.15) is 5.26 Å². The highest BCUT2D eigenvalue weighted by atomic mass is 79.9. The zero-order valence-corrected chi connectivity index (χ0v) is 9.11. The molecule has 0 bridgehead atoms. The molecule has 0 aliphatic rings. The number of nitriles is 1. The molecule has 1 aromatic rings. The number of benzene rings is 1. The molecule has 13 heavy (non-hydrogen) atoms. The molecule has 0 saturated heterocycles. The molecular weight excluding hydrogens is 253 g/mol. The number of halogens is 2. The third-order valence-electron chi connectivity index (χ3n) is 1.54. The highest BCUT2D eigenvalue weighted by Gasteiger charge is 2.10. The Hall–Kier alpha value is -0.850. The van der Waals surface area contributed by atoms with Gasteiger partial charge in [0, 0.05) is 10.0 Å². The normalized spacial score (nSPS) is 9.38. The van der Waals surface area contributed by atoms with Gasteiger partial charge in [-0.1, -0.05) is 27.5 Å². The molecule has 0 aliphatic carbocycles. The van der Waals surface area contributed by atoms with Crippen molar-refractivity contribution in [2.75, 3.05) is 0 Å². The summed E-state index contributed by atoms with van der Waals surface area (Å²) < 4.78 is 0.679. The molecule has 0 heterocycles. The topological polar surface area (TPSA) is 40.9 Å². The lowest BCUT2D eigenvalue weighted by atomic mass is 10.1. The average Bonchev–Trinajstić information content (AvgIpc) is 2.08. The smallest absolute Gasteiger partial charge is 0.161 e. The van der Waals surface area contributed by atoms with Crippen LogP contribution in [0.2, 0.25) is 5.02 Å². The Morgan fingerprint density at radius 2 is 2.23 bits per heavy atom. The summed E-state index contributed by atoms with van der Waals surface area (Å²) >= 11 is 9.01. The molecule has 0 fully saturated rings. The van der Waals surface area contributed by atoms with Gasteiger partial charge in [0.05, 0.1) is 10.6 Å². The summed E-state index contributed by atoms with van der Waals surface area (Å²) in [5, 5.41) is 8.90. The van der Waals surface area contributed by atoms with Crippen LogP contribution in [-0.4, -0.2) is 5.78 Å². The van der Waals surface area contributed by atoms with Crippen molar-refractivity contribution in [3.05, 3.63) is 32.8 Å². The van der Waals surface area contributed by atoms with Gasteiger partial charge in [0.1, 0.15) is 6.07 Å². The minimum Gasteiger partial charge on any atom is -0.294 e. The Morgan fingerprint density at radius 3 is 2.69 bits per heavy atom. The summed E-state index contributed by atoms with van der Waals surface area (Å²) in [4.78, 5) is 11.1. The first-order valence-electron chi connectivity index (χ1n) is 3.46. The van der Waals surface area contributed by atoms with Crippen LogP contribution in [0.3, 0.4) is 0 Å². The van der Waals surface area contributed by atoms with Gasteiger partial charge in [-0.3, -0.25) is 4.79 Å². The van der Waals surface area contributed by atoms with Gasteiger partial charge in [0.25, 0.3) is 0 Å². The Morgan fingerprint density at radius 1 is 1.62 bits per heavy atom. The maximum Gasteiger partial charge on any atom is 0.161 e. The van der Waals surface area contributed by atoms with Gasteiger partial charge >= 0.3 is 0 Å². The van der Waals surface area contributed by atoms with Crippen molar-refractivity contribution >= 4 is 33.3 Å². The largest absolute Gasteiger partial charge is 0.294 e. The molecule has 1 aromatic carbocycles. The van der Waals surface area contributed by atoms with Gasteiger partial charge in [0.2, 0.25) is 0 Å². The quantitative estimate of drug-likeness (QED) is 0.726. The van der Waals surface area contributed by atoms with Crippen molar-refractivity contribution < 1.29 is 4.79 Å². The molecule has 0 unspecified atom stereocenters. The summed E-state index contributed by atoms with van der Waals surface area (Å²) in [6.07, 6.45) is 0. The fourth-order valence-corrected chi connectivity index (χ4v) is 1.67. The second-order valence-electron chi connectivity index (χ2n) is 2.48. The summed E-state index contributed by atoms with van der Waals surface area (Å²) in [5.41, 5.74) is 0.675. The van der Waals surface area contributed by atoms with Crippen LogP contribution in [0, 0.1) is 11.3 Å². The van der Waals surface area contributed by atoms with Crippen molar-refractivity contribution in [1.82, 2.24) is 0 Å². The molecule has 0 saturated carbocycles. The second-order valence-corrected chi connectivity index (χ2v) is 3.78. The van der Waals surface area contributed by atoms with Crippen LogP contribution in [0.5, 0.6) is 0 Å². The highest BCUT2D eigenvalue weighted by molar-refractivity contribution is 9.10. The summed E-state index contributed by atoms with van der Waals surface area (Å²) in [7, 11) is 0. The van der Waals surface area contributed by atoms with Crippen molar-refractivity contribution in [3.8, 4) is 6.07 Å². The standard InChI is InChI=1S/C9H5BrClNO/c1-5(13)8-3-7(10)2-6(4-12)9(8)11/h2-3H,1H3. The van der Waals surface area contributed by atoms with E-state index in [4.69, 9.17) is 16.9 Å². The monoisotopic (exact) mass is 257 g/mol. The number of carbonyl (C=O) groups is 1. The number of Topliss-reactive ketones (excluding diaryl/α,β-unsaturated/α-hetero) is 1. The first kappa shape index (κ1) is 10.2. The summed E-state index contributed by atoms with van der Waals surface area (Å²) in [6, 6.07) is 5.10. The Kier molecular flexibility index (Phi) is 3.07. The lowest BCUT2D eigenvalue weighted by molar-refractivity contribution is 0.101. The summed E-state index contributed by atoms with van der Waals surface area (Å²) in [5.74, 6) is -0.150. The molecule has 0 N–H and O–H groups in total. The van der Waals surface area contributed by atoms with Gasteiger partial charge in [-0.05, 0) is 19.1 Å². The molecule has 2 nitrogen and oxygen atoms in total. The van der Waals surface area contributed by atoms with Gasteiger partial charge in [-0.15, -0.1) is 0 Å². The fourth-order valence-electron chi connectivity index (χ4n) is 0.927. The van der Waals surface area contributed by atoms with Crippen molar-refractivity contribution in [1.29, 1.82) is 5.26 Å². The van der Waals surface area contributed by atoms with Crippen LogP contribution in [-0.2, 0) is 0 Å². The highest BCUT2D eigenvalue weighted by Crippen LogP contribution is 2.25. The van der Waals surface area contributed by atoms with Crippen LogP contribution in [0.1, 0.15) is 22.8 Å². The number of carbonyl (C=O) groups excluding carboxylic acids is 1. The Labute approximate surface area is 89.3 Å². The van der Waals surface area contributed by atoms with Crippen LogP contribution >= 0.6 is 27.5 Å². The fraction of sp³-hybridized carbons (Fsp3) is 0.111. The SMILES string of the molecule is CC(=O)c1cc(Br)cc(C#N)c1Cl.